The highest BCUT2D eigenvalue weighted by atomic mass is 15.2. The molecule has 0 unspecified atom stereocenters. The van der Waals surface area contributed by atoms with Crippen molar-refractivity contribution in [2.45, 2.75) is 47.2 Å². The number of aryl methyl sites for hydroxylation is 1. The van der Waals surface area contributed by atoms with Crippen LogP contribution in [-0.2, 0) is 6.54 Å². The first-order chi connectivity index (χ1) is 7.95. The van der Waals surface area contributed by atoms with Gasteiger partial charge in [-0.25, -0.2) is 0 Å². The zero-order valence-corrected chi connectivity index (χ0v) is 11.8. The third kappa shape index (κ3) is 3.74. The zero-order valence-electron chi connectivity index (χ0n) is 11.8. The lowest BCUT2D eigenvalue weighted by Gasteiger charge is -2.32. The fourth-order valence-corrected chi connectivity index (χ4v) is 2.14. The van der Waals surface area contributed by atoms with E-state index in [0.717, 1.165) is 6.54 Å². The second-order valence-corrected chi connectivity index (χ2v) is 5.48. The number of benzene rings is 1. The summed E-state index contributed by atoms with van der Waals surface area (Å²) in [5, 5.41) is 0. The maximum atomic E-state index is 5.86. The predicted molar refractivity (Wildman–Crippen MR) is 76.4 cm³/mol. The molecule has 0 atom stereocenters. The van der Waals surface area contributed by atoms with Gasteiger partial charge in [0.2, 0.25) is 0 Å². The molecule has 1 rings (SSSR count). The third-order valence-electron chi connectivity index (χ3n) is 2.95. The quantitative estimate of drug-likeness (QED) is 0.846. The van der Waals surface area contributed by atoms with Crippen LogP contribution in [0.2, 0.25) is 0 Å². The molecule has 0 radical (unpaired) electrons. The molecule has 0 amide bonds. The molecule has 17 heavy (non-hydrogen) atoms. The molecule has 0 spiro atoms. The lowest BCUT2D eigenvalue weighted by molar-refractivity contribution is 0.569. The summed E-state index contributed by atoms with van der Waals surface area (Å²) in [6.45, 7) is 12.8. The van der Waals surface area contributed by atoms with E-state index in [1.54, 1.807) is 0 Å². The van der Waals surface area contributed by atoms with Crippen LogP contribution in [-0.4, -0.2) is 12.6 Å². The molecule has 1 aromatic carbocycles. The molecule has 0 heterocycles. The summed E-state index contributed by atoms with van der Waals surface area (Å²) in [7, 11) is 0. The van der Waals surface area contributed by atoms with Crippen molar-refractivity contribution in [1.29, 1.82) is 0 Å². The van der Waals surface area contributed by atoms with Gasteiger partial charge in [0.25, 0.3) is 0 Å². The van der Waals surface area contributed by atoms with Crippen molar-refractivity contribution >= 4 is 5.69 Å². The first-order valence-corrected chi connectivity index (χ1v) is 6.52. The van der Waals surface area contributed by atoms with Gasteiger partial charge in [0, 0.05) is 24.8 Å². The number of nitrogens with zero attached hydrogens (tertiary/aromatic N) is 1. The lowest BCUT2D eigenvalue weighted by Crippen LogP contribution is -2.35. The van der Waals surface area contributed by atoms with Crippen molar-refractivity contribution in [2.75, 3.05) is 11.4 Å². The lowest BCUT2D eigenvalue weighted by atomic mass is 10.1. The molecule has 2 heteroatoms. The van der Waals surface area contributed by atoms with E-state index in [1.165, 1.54) is 16.8 Å². The molecule has 0 saturated carbocycles. The molecular weight excluding hydrogens is 208 g/mol. The van der Waals surface area contributed by atoms with Crippen LogP contribution in [0.3, 0.4) is 0 Å². The Labute approximate surface area is 106 Å². The molecule has 2 N–H and O–H groups in total. The average Bonchev–Trinajstić information content (AvgIpc) is 2.25. The second-order valence-electron chi connectivity index (χ2n) is 5.48. The van der Waals surface area contributed by atoms with Gasteiger partial charge in [0.1, 0.15) is 0 Å². The first kappa shape index (κ1) is 14.0. The molecule has 2 nitrogen and oxygen atoms in total. The molecule has 0 aromatic heterocycles. The van der Waals surface area contributed by atoms with Gasteiger partial charge in [-0.2, -0.15) is 0 Å². The van der Waals surface area contributed by atoms with Crippen LogP contribution >= 0.6 is 0 Å². The summed E-state index contributed by atoms with van der Waals surface area (Å²) in [6, 6.07) is 7.08. The normalized spacial score (nSPS) is 11.3. The van der Waals surface area contributed by atoms with Crippen molar-refractivity contribution < 1.29 is 0 Å². The fourth-order valence-electron chi connectivity index (χ4n) is 2.14. The van der Waals surface area contributed by atoms with E-state index in [4.69, 9.17) is 5.73 Å². The number of rotatable bonds is 5. The standard InChI is InChI=1S/C15H26N2/c1-11(2)10-17(12(3)4)15-7-6-13(5)8-14(15)9-16/h6-8,11-12H,9-10,16H2,1-5H3. The highest BCUT2D eigenvalue weighted by molar-refractivity contribution is 5.55. The van der Waals surface area contributed by atoms with Crippen LogP contribution in [0.1, 0.15) is 38.8 Å². The van der Waals surface area contributed by atoms with E-state index < -0.39 is 0 Å². The highest BCUT2D eigenvalue weighted by Gasteiger charge is 2.15. The third-order valence-corrected chi connectivity index (χ3v) is 2.95. The Balaban J connectivity index is 3.08. The summed E-state index contributed by atoms with van der Waals surface area (Å²) in [5.74, 6) is 0.657. The van der Waals surface area contributed by atoms with E-state index in [1.807, 2.05) is 0 Å². The monoisotopic (exact) mass is 234 g/mol. The molecule has 0 fully saturated rings. The molecule has 1 aromatic rings. The highest BCUT2D eigenvalue weighted by Crippen LogP contribution is 2.24. The Morgan fingerprint density at radius 1 is 1.18 bits per heavy atom. The van der Waals surface area contributed by atoms with Gasteiger partial charge in [0.05, 0.1) is 0 Å². The van der Waals surface area contributed by atoms with Gasteiger partial charge < -0.3 is 10.6 Å². The van der Waals surface area contributed by atoms with Crippen molar-refractivity contribution in [3.8, 4) is 0 Å². The summed E-state index contributed by atoms with van der Waals surface area (Å²) in [6.07, 6.45) is 0. The van der Waals surface area contributed by atoms with Crippen LogP contribution in [0, 0.1) is 12.8 Å². The van der Waals surface area contributed by atoms with Crippen molar-refractivity contribution in [3.63, 3.8) is 0 Å². The topological polar surface area (TPSA) is 29.3 Å². The number of nitrogens with two attached hydrogens (primary N) is 1. The summed E-state index contributed by atoms with van der Waals surface area (Å²) >= 11 is 0. The molecule has 0 saturated heterocycles. The summed E-state index contributed by atoms with van der Waals surface area (Å²) < 4.78 is 0. The minimum atomic E-state index is 0.505. The van der Waals surface area contributed by atoms with Crippen molar-refractivity contribution in [2.24, 2.45) is 11.7 Å². The Morgan fingerprint density at radius 2 is 1.82 bits per heavy atom. The van der Waals surface area contributed by atoms with Crippen LogP contribution in [0.5, 0.6) is 0 Å². The number of hydrogen-bond donors (Lipinski definition) is 1. The number of anilines is 1. The second kappa shape index (κ2) is 6.06. The number of hydrogen-bond acceptors (Lipinski definition) is 2. The maximum absolute atomic E-state index is 5.86. The van der Waals surface area contributed by atoms with Crippen LogP contribution < -0.4 is 10.6 Å². The van der Waals surface area contributed by atoms with E-state index in [9.17, 15) is 0 Å². The largest absolute Gasteiger partial charge is 0.369 e. The minimum Gasteiger partial charge on any atom is -0.369 e. The molecule has 0 aliphatic carbocycles. The Bertz CT molecular complexity index is 356. The van der Waals surface area contributed by atoms with Gasteiger partial charge in [-0.05, 0) is 38.3 Å². The average molecular weight is 234 g/mol. The molecule has 0 aliphatic heterocycles. The Morgan fingerprint density at radius 3 is 2.29 bits per heavy atom. The van der Waals surface area contributed by atoms with E-state index in [-0.39, 0.29) is 0 Å². The van der Waals surface area contributed by atoms with Crippen molar-refractivity contribution in [1.82, 2.24) is 0 Å². The van der Waals surface area contributed by atoms with E-state index in [2.05, 4.69) is 57.7 Å². The predicted octanol–water partition coefficient (Wildman–Crippen LogP) is 3.32. The molecule has 0 bridgehead atoms. The van der Waals surface area contributed by atoms with Gasteiger partial charge >= 0.3 is 0 Å². The Hall–Kier alpha value is -1.02. The summed E-state index contributed by atoms with van der Waals surface area (Å²) in [5.41, 5.74) is 9.68. The van der Waals surface area contributed by atoms with E-state index >= 15 is 0 Å². The zero-order chi connectivity index (χ0) is 13.0. The van der Waals surface area contributed by atoms with Crippen LogP contribution in [0.4, 0.5) is 5.69 Å². The smallest absolute Gasteiger partial charge is 0.0414 e. The minimum absolute atomic E-state index is 0.505. The van der Waals surface area contributed by atoms with Gasteiger partial charge in [0.15, 0.2) is 0 Å². The summed E-state index contributed by atoms with van der Waals surface area (Å²) in [4.78, 5) is 2.45. The Kier molecular flexibility index (Phi) is 5.01. The molecule has 96 valence electrons. The van der Waals surface area contributed by atoms with Gasteiger partial charge in [-0.15, -0.1) is 0 Å². The van der Waals surface area contributed by atoms with Crippen LogP contribution in [0.25, 0.3) is 0 Å². The van der Waals surface area contributed by atoms with Gasteiger partial charge in [-0.3, -0.25) is 0 Å². The first-order valence-electron chi connectivity index (χ1n) is 6.52. The van der Waals surface area contributed by atoms with Crippen molar-refractivity contribution in [3.05, 3.63) is 29.3 Å². The maximum Gasteiger partial charge on any atom is 0.0414 e. The fraction of sp³-hybridized carbons (Fsp3) is 0.600. The van der Waals surface area contributed by atoms with E-state index in [0.29, 0.717) is 18.5 Å². The molecule has 0 aliphatic rings. The SMILES string of the molecule is Cc1ccc(N(CC(C)C)C(C)C)c(CN)c1. The van der Waals surface area contributed by atoms with Gasteiger partial charge in [-0.1, -0.05) is 31.5 Å². The van der Waals surface area contributed by atoms with Crippen LogP contribution in [0.15, 0.2) is 18.2 Å². The molecular formula is C15H26N2.